The van der Waals surface area contributed by atoms with E-state index in [1.165, 1.54) is 19.3 Å². The van der Waals surface area contributed by atoms with Gasteiger partial charge >= 0.3 is 5.97 Å². The molecule has 19 heavy (non-hydrogen) atoms. The molecule has 0 aromatic rings. The summed E-state index contributed by atoms with van der Waals surface area (Å²) < 4.78 is 12.0. The van der Waals surface area contributed by atoms with Gasteiger partial charge in [0.25, 0.3) is 0 Å². The zero-order chi connectivity index (χ0) is 13.7. The Morgan fingerprint density at radius 1 is 1.58 bits per heavy atom. The van der Waals surface area contributed by atoms with Crippen molar-refractivity contribution in [1.29, 1.82) is 0 Å². The highest BCUT2D eigenvalue weighted by Crippen LogP contribution is 2.34. The Kier molecular flexibility index (Phi) is 5.73. The molecule has 0 bridgehead atoms. The number of hydrogen-bond acceptors (Lipinski definition) is 3. The minimum Gasteiger partial charge on any atom is -0.493 e. The molecule has 0 radical (unpaired) electrons. The molecule has 2 atom stereocenters. The third kappa shape index (κ3) is 3.97. The van der Waals surface area contributed by atoms with E-state index in [4.69, 9.17) is 9.47 Å². The van der Waals surface area contributed by atoms with Gasteiger partial charge < -0.3 is 9.47 Å². The maximum absolute atomic E-state index is 12.0. The van der Waals surface area contributed by atoms with Gasteiger partial charge in [-0.25, -0.2) is 4.79 Å². The Bertz CT molecular complexity index is 387. The van der Waals surface area contributed by atoms with Gasteiger partial charge in [0.15, 0.2) is 0 Å². The second-order valence-electron chi connectivity index (χ2n) is 5.04. The molecular formula is C15H21IO3. The minimum absolute atomic E-state index is 0.141. The van der Waals surface area contributed by atoms with Crippen LogP contribution in [0.4, 0.5) is 0 Å². The van der Waals surface area contributed by atoms with Crippen molar-refractivity contribution in [3.8, 4) is 0 Å². The fourth-order valence-corrected chi connectivity index (χ4v) is 3.11. The van der Waals surface area contributed by atoms with E-state index in [9.17, 15) is 4.79 Å². The number of esters is 1. The van der Waals surface area contributed by atoms with Gasteiger partial charge in [0.1, 0.15) is 11.9 Å². The molecule has 1 heterocycles. The van der Waals surface area contributed by atoms with E-state index in [1.807, 2.05) is 6.92 Å². The van der Waals surface area contributed by atoms with E-state index in [-0.39, 0.29) is 12.1 Å². The first-order valence-corrected chi connectivity index (χ1v) is 8.55. The van der Waals surface area contributed by atoms with E-state index in [0.717, 1.165) is 22.2 Å². The molecule has 0 saturated carbocycles. The van der Waals surface area contributed by atoms with Gasteiger partial charge in [-0.3, -0.25) is 0 Å². The largest absolute Gasteiger partial charge is 0.493 e. The number of rotatable bonds is 5. The predicted octanol–water partition coefficient (Wildman–Crippen LogP) is 3.77. The maximum atomic E-state index is 12.0. The number of carbonyl (C=O) groups excluding carboxylic acids is 1. The summed E-state index contributed by atoms with van der Waals surface area (Å²) in [5.41, 5.74) is 0.766. The second-order valence-corrected chi connectivity index (χ2v) is 5.92. The van der Waals surface area contributed by atoms with Crippen LogP contribution in [0.5, 0.6) is 0 Å². The van der Waals surface area contributed by atoms with Crippen molar-refractivity contribution in [3.05, 3.63) is 23.5 Å². The van der Waals surface area contributed by atoms with Crippen LogP contribution in [0, 0.1) is 5.92 Å². The van der Waals surface area contributed by atoms with Crippen molar-refractivity contribution in [2.45, 2.75) is 45.1 Å². The monoisotopic (exact) mass is 376 g/mol. The topological polar surface area (TPSA) is 35.5 Å². The molecule has 106 valence electrons. The van der Waals surface area contributed by atoms with Gasteiger partial charge in [-0.2, -0.15) is 0 Å². The van der Waals surface area contributed by atoms with Crippen molar-refractivity contribution in [3.63, 3.8) is 0 Å². The molecule has 2 aliphatic rings. The lowest BCUT2D eigenvalue weighted by Gasteiger charge is -2.18. The first-order chi connectivity index (χ1) is 9.24. The predicted molar refractivity (Wildman–Crippen MR) is 83.1 cm³/mol. The van der Waals surface area contributed by atoms with Crippen molar-refractivity contribution in [2.75, 3.05) is 11.0 Å². The van der Waals surface area contributed by atoms with Gasteiger partial charge in [0.2, 0.25) is 0 Å². The van der Waals surface area contributed by atoms with Crippen molar-refractivity contribution < 1.29 is 14.3 Å². The van der Waals surface area contributed by atoms with Crippen LogP contribution in [-0.4, -0.2) is 23.1 Å². The Morgan fingerprint density at radius 2 is 2.42 bits per heavy atom. The molecule has 4 heteroatoms. The summed E-state index contributed by atoms with van der Waals surface area (Å²) in [5, 5.41) is 0. The molecular weight excluding hydrogens is 355 g/mol. The van der Waals surface area contributed by atoms with Crippen LogP contribution in [0.25, 0.3) is 0 Å². The first kappa shape index (κ1) is 14.9. The van der Waals surface area contributed by atoms with E-state index in [2.05, 4.69) is 34.7 Å². The Balaban J connectivity index is 2.07. The summed E-state index contributed by atoms with van der Waals surface area (Å²) in [6.45, 7) is 2.27. The molecule has 0 amide bonds. The highest BCUT2D eigenvalue weighted by Gasteiger charge is 2.31. The van der Waals surface area contributed by atoms with Gasteiger partial charge in [0.05, 0.1) is 12.2 Å². The lowest BCUT2D eigenvalue weighted by Crippen LogP contribution is -2.10. The third-order valence-corrected chi connectivity index (χ3v) is 4.56. The number of ether oxygens (including phenoxy) is 2. The summed E-state index contributed by atoms with van der Waals surface area (Å²) >= 11 is 2.31. The molecule has 0 aromatic carbocycles. The number of hydrogen-bond donors (Lipinski definition) is 0. The van der Waals surface area contributed by atoms with Gasteiger partial charge in [-0.1, -0.05) is 34.7 Å². The second kappa shape index (κ2) is 7.31. The molecule has 3 nitrogen and oxygen atoms in total. The third-order valence-electron chi connectivity index (χ3n) is 3.57. The average Bonchev–Trinajstić information content (AvgIpc) is 2.83. The first-order valence-electron chi connectivity index (χ1n) is 7.03. The molecule has 0 spiro atoms. The van der Waals surface area contributed by atoms with Gasteiger partial charge in [-0.15, -0.1) is 0 Å². The Morgan fingerprint density at radius 3 is 3.05 bits per heavy atom. The summed E-state index contributed by atoms with van der Waals surface area (Å²) in [6, 6.07) is 0. The zero-order valence-electron chi connectivity index (χ0n) is 11.4. The van der Waals surface area contributed by atoms with Crippen LogP contribution >= 0.6 is 22.6 Å². The SMILES string of the molecule is CCOC(=O)C1=C(CC2C=CCCC2)OC(CI)C1. The van der Waals surface area contributed by atoms with Crippen LogP contribution in [0.1, 0.15) is 39.0 Å². The molecule has 2 rings (SSSR count). The zero-order valence-corrected chi connectivity index (χ0v) is 13.5. The minimum atomic E-state index is -0.190. The Labute approximate surface area is 128 Å². The molecule has 1 aliphatic carbocycles. The van der Waals surface area contributed by atoms with Crippen molar-refractivity contribution in [2.24, 2.45) is 5.92 Å². The number of alkyl halides is 1. The molecule has 2 unspecified atom stereocenters. The fraction of sp³-hybridized carbons (Fsp3) is 0.667. The van der Waals surface area contributed by atoms with Crippen LogP contribution in [0.3, 0.4) is 0 Å². The summed E-state index contributed by atoms with van der Waals surface area (Å²) in [6.07, 6.45) is 9.79. The van der Waals surface area contributed by atoms with Crippen LogP contribution in [-0.2, 0) is 14.3 Å². The standard InChI is InChI=1S/C15H21IO3/c1-2-18-15(17)13-9-12(10-16)19-14(13)8-11-6-4-3-5-7-11/h4,6,11-12H,2-3,5,7-10H2,1H3. The smallest absolute Gasteiger partial charge is 0.337 e. The highest BCUT2D eigenvalue weighted by molar-refractivity contribution is 14.1. The van der Waals surface area contributed by atoms with Crippen LogP contribution in [0.15, 0.2) is 23.5 Å². The van der Waals surface area contributed by atoms with Crippen molar-refractivity contribution >= 4 is 28.6 Å². The molecule has 1 aliphatic heterocycles. The van der Waals surface area contributed by atoms with Crippen LogP contribution in [0.2, 0.25) is 0 Å². The van der Waals surface area contributed by atoms with Gasteiger partial charge in [-0.05, 0) is 32.1 Å². The number of carbonyl (C=O) groups is 1. The summed E-state index contributed by atoms with van der Waals surface area (Å²) in [5.74, 6) is 1.20. The van der Waals surface area contributed by atoms with E-state index in [0.29, 0.717) is 18.9 Å². The van der Waals surface area contributed by atoms with E-state index >= 15 is 0 Å². The average molecular weight is 376 g/mol. The summed E-state index contributed by atoms with van der Waals surface area (Å²) in [4.78, 5) is 12.0. The molecule has 0 aromatic heterocycles. The summed E-state index contributed by atoms with van der Waals surface area (Å²) in [7, 11) is 0. The van der Waals surface area contributed by atoms with E-state index in [1.54, 1.807) is 0 Å². The lowest BCUT2D eigenvalue weighted by molar-refractivity contribution is -0.138. The maximum Gasteiger partial charge on any atom is 0.337 e. The normalized spacial score (nSPS) is 26.4. The molecule has 0 fully saturated rings. The van der Waals surface area contributed by atoms with E-state index < -0.39 is 0 Å². The molecule has 0 saturated heterocycles. The van der Waals surface area contributed by atoms with Gasteiger partial charge in [0, 0.05) is 17.3 Å². The molecule has 0 N–H and O–H groups in total. The van der Waals surface area contributed by atoms with Crippen molar-refractivity contribution in [1.82, 2.24) is 0 Å². The van der Waals surface area contributed by atoms with Crippen LogP contribution < -0.4 is 0 Å². The lowest BCUT2D eigenvalue weighted by atomic mass is 9.91. The Hall–Kier alpha value is -0.520. The number of allylic oxidation sites excluding steroid dienone is 3. The quantitative estimate of drug-likeness (QED) is 0.317. The fourth-order valence-electron chi connectivity index (χ4n) is 2.62. The highest BCUT2D eigenvalue weighted by atomic mass is 127. The number of halogens is 1.